The summed E-state index contributed by atoms with van der Waals surface area (Å²) in [5.74, 6) is -0.608. The van der Waals surface area contributed by atoms with Gasteiger partial charge in [-0.25, -0.2) is 17.9 Å². The van der Waals surface area contributed by atoms with Gasteiger partial charge >= 0.3 is 5.97 Å². The van der Waals surface area contributed by atoms with Crippen molar-refractivity contribution < 1.29 is 17.9 Å². The molecule has 0 saturated heterocycles. The molecule has 0 aliphatic rings. The molecule has 1 aromatic rings. The number of esters is 1. The predicted molar refractivity (Wildman–Crippen MR) is 80.9 cm³/mol. The Morgan fingerprint density at radius 3 is 2.33 bits per heavy atom. The smallest absolute Gasteiger partial charge is 0.341 e. The summed E-state index contributed by atoms with van der Waals surface area (Å²) in [5.41, 5.74) is 1.22. The lowest BCUT2D eigenvalue weighted by atomic mass is 10.2. The van der Waals surface area contributed by atoms with Crippen molar-refractivity contribution in [2.75, 3.05) is 6.61 Å². The quantitative estimate of drug-likeness (QED) is 0.813. The molecule has 1 heterocycles. The third-order valence-corrected chi connectivity index (χ3v) is 5.39. The molecule has 0 aliphatic carbocycles. The van der Waals surface area contributed by atoms with E-state index in [0.717, 1.165) is 0 Å². The van der Waals surface area contributed by atoms with Crippen molar-refractivity contribution >= 4 is 16.0 Å². The fourth-order valence-corrected chi connectivity index (χ4v) is 3.94. The Kier molecular flexibility index (Phi) is 5.58. The molecule has 0 aromatic carbocycles. The van der Waals surface area contributed by atoms with Crippen LogP contribution in [0.4, 0.5) is 0 Å². The monoisotopic (exact) mass is 316 g/mol. The maximum Gasteiger partial charge on any atom is 0.341 e. The van der Waals surface area contributed by atoms with Gasteiger partial charge in [-0.2, -0.15) is 0 Å². The molecule has 1 atom stereocenters. The SMILES string of the molecule is CCOC(=O)c1c(S(=O)(=O)NC(C)CC)c(C)n(C)c1C. The number of ether oxygens (including phenoxy) is 1. The van der Waals surface area contributed by atoms with E-state index in [1.165, 1.54) is 0 Å². The summed E-state index contributed by atoms with van der Waals surface area (Å²) in [6, 6.07) is -0.204. The molecule has 21 heavy (non-hydrogen) atoms. The van der Waals surface area contributed by atoms with Crippen LogP contribution < -0.4 is 4.72 Å². The summed E-state index contributed by atoms with van der Waals surface area (Å²) < 4.78 is 34.5. The first-order chi connectivity index (χ1) is 9.67. The maximum atomic E-state index is 12.6. The normalized spacial score (nSPS) is 13.2. The second-order valence-electron chi connectivity index (χ2n) is 5.09. The van der Waals surface area contributed by atoms with Crippen LogP contribution in [0.3, 0.4) is 0 Å². The summed E-state index contributed by atoms with van der Waals surface area (Å²) in [7, 11) is -2.04. The highest BCUT2D eigenvalue weighted by Crippen LogP contribution is 2.27. The maximum absolute atomic E-state index is 12.6. The van der Waals surface area contributed by atoms with Crippen molar-refractivity contribution in [2.24, 2.45) is 7.05 Å². The molecular weight excluding hydrogens is 292 g/mol. The van der Waals surface area contributed by atoms with Gasteiger partial charge in [0, 0.05) is 24.5 Å². The highest BCUT2D eigenvalue weighted by molar-refractivity contribution is 7.89. The van der Waals surface area contributed by atoms with Crippen LogP contribution in [-0.2, 0) is 21.8 Å². The number of rotatable bonds is 6. The summed E-state index contributed by atoms with van der Waals surface area (Å²) >= 11 is 0. The van der Waals surface area contributed by atoms with E-state index < -0.39 is 16.0 Å². The molecule has 0 spiro atoms. The van der Waals surface area contributed by atoms with Gasteiger partial charge in [-0.15, -0.1) is 0 Å². The van der Waals surface area contributed by atoms with Crippen LogP contribution >= 0.6 is 0 Å². The molecule has 0 amide bonds. The van der Waals surface area contributed by atoms with Crippen molar-refractivity contribution in [1.29, 1.82) is 0 Å². The first kappa shape index (κ1) is 17.7. The molecule has 1 rings (SSSR count). The van der Waals surface area contributed by atoms with E-state index in [0.29, 0.717) is 17.8 Å². The van der Waals surface area contributed by atoms with Gasteiger partial charge in [0.25, 0.3) is 0 Å². The van der Waals surface area contributed by atoms with Gasteiger partial charge < -0.3 is 9.30 Å². The minimum atomic E-state index is -3.77. The third-order valence-electron chi connectivity index (χ3n) is 3.64. The highest BCUT2D eigenvalue weighted by atomic mass is 32.2. The highest BCUT2D eigenvalue weighted by Gasteiger charge is 2.31. The standard InChI is InChI=1S/C14H24N2O4S/c1-7-9(3)15-21(18,19)13-11(5)16(6)10(4)12(13)14(17)20-8-2/h9,15H,7-8H2,1-6H3. The molecule has 0 aliphatic heterocycles. The minimum absolute atomic E-state index is 0.0150. The van der Waals surface area contributed by atoms with E-state index in [2.05, 4.69) is 4.72 Å². The molecule has 1 N–H and O–H groups in total. The van der Waals surface area contributed by atoms with Gasteiger partial charge in [0.2, 0.25) is 10.0 Å². The van der Waals surface area contributed by atoms with Crippen LogP contribution in [0.25, 0.3) is 0 Å². The number of sulfonamides is 1. The Morgan fingerprint density at radius 1 is 1.29 bits per heavy atom. The first-order valence-electron chi connectivity index (χ1n) is 7.02. The number of hydrogen-bond acceptors (Lipinski definition) is 4. The van der Waals surface area contributed by atoms with E-state index in [9.17, 15) is 13.2 Å². The Morgan fingerprint density at radius 2 is 1.86 bits per heavy atom. The van der Waals surface area contributed by atoms with E-state index in [1.54, 1.807) is 39.3 Å². The summed E-state index contributed by atoms with van der Waals surface area (Å²) in [4.78, 5) is 12.1. The topological polar surface area (TPSA) is 77.4 Å². The van der Waals surface area contributed by atoms with Crippen molar-refractivity contribution in [1.82, 2.24) is 9.29 Å². The minimum Gasteiger partial charge on any atom is -0.462 e. The molecule has 0 saturated carbocycles. The van der Waals surface area contributed by atoms with Crippen LogP contribution in [0.15, 0.2) is 4.90 Å². The Bertz CT molecular complexity index is 632. The number of carbonyl (C=O) groups is 1. The average Bonchev–Trinajstić information content (AvgIpc) is 2.63. The van der Waals surface area contributed by atoms with E-state index in [1.807, 2.05) is 6.92 Å². The molecule has 7 heteroatoms. The number of aromatic nitrogens is 1. The molecule has 6 nitrogen and oxygen atoms in total. The van der Waals surface area contributed by atoms with Crippen LogP contribution in [0, 0.1) is 13.8 Å². The van der Waals surface area contributed by atoms with E-state index in [-0.39, 0.29) is 23.1 Å². The number of carbonyl (C=O) groups excluding carboxylic acids is 1. The van der Waals surface area contributed by atoms with E-state index in [4.69, 9.17) is 4.74 Å². The van der Waals surface area contributed by atoms with Crippen molar-refractivity contribution in [3.8, 4) is 0 Å². The van der Waals surface area contributed by atoms with Crippen LogP contribution in [0.5, 0.6) is 0 Å². The zero-order chi connectivity index (χ0) is 16.4. The van der Waals surface area contributed by atoms with Crippen LogP contribution in [-0.4, -0.2) is 31.6 Å². The van der Waals surface area contributed by atoms with Crippen LogP contribution in [0.2, 0.25) is 0 Å². The molecule has 1 unspecified atom stereocenters. The van der Waals surface area contributed by atoms with Crippen molar-refractivity contribution in [2.45, 2.75) is 52.0 Å². The summed E-state index contributed by atoms with van der Waals surface area (Å²) in [6.45, 7) is 8.96. The second kappa shape index (κ2) is 6.62. The summed E-state index contributed by atoms with van der Waals surface area (Å²) in [5, 5.41) is 0. The molecular formula is C14H24N2O4S. The molecule has 1 aromatic heterocycles. The largest absolute Gasteiger partial charge is 0.462 e. The van der Waals surface area contributed by atoms with Gasteiger partial charge in [-0.05, 0) is 34.1 Å². The second-order valence-corrected chi connectivity index (χ2v) is 6.74. The van der Waals surface area contributed by atoms with Gasteiger partial charge in [0.15, 0.2) is 0 Å². The van der Waals surface area contributed by atoms with E-state index >= 15 is 0 Å². The third kappa shape index (κ3) is 3.47. The zero-order valence-corrected chi connectivity index (χ0v) is 14.3. The molecule has 0 radical (unpaired) electrons. The fraction of sp³-hybridized carbons (Fsp3) is 0.643. The van der Waals surface area contributed by atoms with Crippen molar-refractivity contribution in [3.05, 3.63) is 17.0 Å². The Balaban J connectivity index is 3.48. The van der Waals surface area contributed by atoms with Gasteiger partial charge in [0.05, 0.1) is 6.61 Å². The lowest BCUT2D eigenvalue weighted by Crippen LogP contribution is -2.33. The van der Waals surface area contributed by atoms with Gasteiger partial charge in [-0.3, -0.25) is 0 Å². The predicted octanol–water partition coefficient (Wildman–Crippen LogP) is 1.90. The van der Waals surface area contributed by atoms with Gasteiger partial charge in [0.1, 0.15) is 10.5 Å². The molecule has 120 valence electrons. The molecule has 0 fully saturated rings. The lowest BCUT2D eigenvalue weighted by molar-refractivity contribution is 0.0521. The zero-order valence-electron chi connectivity index (χ0n) is 13.5. The van der Waals surface area contributed by atoms with Crippen LogP contribution in [0.1, 0.15) is 48.9 Å². The summed E-state index contributed by atoms with van der Waals surface area (Å²) in [6.07, 6.45) is 0.666. The average molecular weight is 316 g/mol. The Hall–Kier alpha value is -1.34. The fourth-order valence-electron chi connectivity index (χ4n) is 2.10. The number of hydrogen-bond donors (Lipinski definition) is 1. The number of nitrogens with zero attached hydrogens (tertiary/aromatic N) is 1. The van der Waals surface area contributed by atoms with Gasteiger partial charge in [-0.1, -0.05) is 6.92 Å². The molecule has 0 bridgehead atoms. The first-order valence-corrected chi connectivity index (χ1v) is 8.50. The number of nitrogens with one attached hydrogen (secondary N) is 1. The van der Waals surface area contributed by atoms with Crippen molar-refractivity contribution in [3.63, 3.8) is 0 Å². The Labute approximate surface area is 126 Å². The lowest BCUT2D eigenvalue weighted by Gasteiger charge is -2.13.